The van der Waals surface area contributed by atoms with Crippen LogP contribution in [0.25, 0.3) is 0 Å². The summed E-state index contributed by atoms with van der Waals surface area (Å²) in [6.45, 7) is 2.72. The van der Waals surface area contributed by atoms with Crippen molar-refractivity contribution < 1.29 is 10.0 Å². The number of unbranched alkanes of at least 4 members (excludes halogenated alkanes) is 1. The molecule has 1 aliphatic rings. The van der Waals surface area contributed by atoms with E-state index in [0.717, 1.165) is 17.7 Å². The van der Waals surface area contributed by atoms with Crippen molar-refractivity contribution >= 4 is 34.0 Å². The third kappa shape index (κ3) is 2.88. The Balaban J connectivity index is 2.33. The number of non-ortho nitro benzene ring substituents is 1. The molecule has 0 radical (unpaired) electrons. The summed E-state index contributed by atoms with van der Waals surface area (Å²) >= 11 is 6.64. The van der Waals surface area contributed by atoms with E-state index in [1.807, 2.05) is 0 Å². The molecule has 0 spiro atoms. The molecule has 19 heavy (non-hydrogen) atoms. The number of fused-ring (bicyclic) bond motifs is 1. The van der Waals surface area contributed by atoms with Crippen molar-refractivity contribution in [3.8, 4) is 0 Å². The number of aliphatic hydroxyl groups is 1. The summed E-state index contributed by atoms with van der Waals surface area (Å²) in [7, 11) is 0. The predicted octanol–water partition coefficient (Wildman–Crippen LogP) is 3.08. The van der Waals surface area contributed by atoms with Crippen molar-refractivity contribution in [3.63, 3.8) is 0 Å². The molecule has 0 amide bonds. The van der Waals surface area contributed by atoms with E-state index in [1.165, 1.54) is 23.9 Å². The number of nitro benzene ring substituents is 1. The van der Waals surface area contributed by atoms with Gasteiger partial charge in [0.1, 0.15) is 4.32 Å². The monoisotopic (exact) mass is 298 g/mol. The van der Waals surface area contributed by atoms with Gasteiger partial charge in [0.15, 0.2) is 6.23 Å². The van der Waals surface area contributed by atoms with Gasteiger partial charge in [0.05, 0.1) is 4.92 Å². The first-order chi connectivity index (χ1) is 9.04. The molecule has 7 heteroatoms. The Morgan fingerprint density at radius 2 is 2.32 bits per heavy atom. The van der Waals surface area contributed by atoms with Crippen molar-refractivity contribution in [3.05, 3.63) is 33.9 Å². The summed E-state index contributed by atoms with van der Waals surface area (Å²) in [6.07, 6.45) is 1.02. The highest BCUT2D eigenvalue weighted by Gasteiger charge is 2.30. The molecule has 1 aromatic rings. The number of nitrogens with zero attached hydrogens (tertiary/aromatic N) is 2. The number of nitro groups is 1. The first-order valence-electron chi connectivity index (χ1n) is 5.99. The molecule has 2 rings (SSSR count). The fraction of sp³-hybridized carbons (Fsp3) is 0.417. The summed E-state index contributed by atoms with van der Waals surface area (Å²) in [4.78, 5) is 12.8. The van der Waals surface area contributed by atoms with E-state index < -0.39 is 11.2 Å². The minimum absolute atomic E-state index is 0.0124. The summed E-state index contributed by atoms with van der Waals surface area (Å²) < 4.78 is 0.613. The average Bonchev–Trinajstić information content (AvgIpc) is 2.38. The maximum Gasteiger partial charge on any atom is 0.269 e. The Labute approximate surface area is 120 Å². The van der Waals surface area contributed by atoms with E-state index in [9.17, 15) is 15.2 Å². The van der Waals surface area contributed by atoms with Crippen LogP contribution < -0.4 is 0 Å². The minimum Gasteiger partial charge on any atom is -0.369 e. The van der Waals surface area contributed by atoms with Crippen molar-refractivity contribution in [2.24, 2.45) is 0 Å². The maximum atomic E-state index is 10.8. The lowest BCUT2D eigenvalue weighted by molar-refractivity contribution is -0.385. The Kier molecular flexibility index (Phi) is 4.38. The van der Waals surface area contributed by atoms with E-state index in [0.29, 0.717) is 16.4 Å². The number of aliphatic hydroxyl groups excluding tert-OH is 1. The van der Waals surface area contributed by atoms with Crippen LogP contribution in [0.1, 0.15) is 31.6 Å². The SMILES string of the molecule is CCCCN1C(=S)Sc2ccc([N+](=O)[O-])cc2C1O. The van der Waals surface area contributed by atoms with Gasteiger partial charge in [0.25, 0.3) is 5.69 Å². The van der Waals surface area contributed by atoms with E-state index in [1.54, 1.807) is 11.0 Å². The molecule has 0 aromatic heterocycles. The Morgan fingerprint density at radius 3 is 2.95 bits per heavy atom. The highest BCUT2D eigenvalue weighted by atomic mass is 32.2. The minimum atomic E-state index is -0.893. The van der Waals surface area contributed by atoms with Gasteiger partial charge in [-0.05, 0) is 12.5 Å². The van der Waals surface area contributed by atoms with E-state index >= 15 is 0 Å². The molecule has 0 aliphatic carbocycles. The lowest BCUT2D eigenvalue weighted by Gasteiger charge is -2.35. The summed E-state index contributed by atoms with van der Waals surface area (Å²) in [5.41, 5.74) is 0.547. The third-order valence-electron chi connectivity index (χ3n) is 2.96. The van der Waals surface area contributed by atoms with Gasteiger partial charge in [-0.3, -0.25) is 10.1 Å². The van der Waals surface area contributed by atoms with Gasteiger partial charge in [-0.1, -0.05) is 37.3 Å². The molecule has 0 fully saturated rings. The van der Waals surface area contributed by atoms with Gasteiger partial charge in [0, 0.05) is 29.1 Å². The number of hydrogen-bond acceptors (Lipinski definition) is 5. The molecular formula is C12H14N2O3S2. The van der Waals surface area contributed by atoms with Crippen LogP contribution >= 0.6 is 24.0 Å². The Morgan fingerprint density at radius 1 is 1.58 bits per heavy atom. The van der Waals surface area contributed by atoms with Crippen molar-refractivity contribution in [2.45, 2.75) is 30.9 Å². The molecule has 1 aromatic carbocycles. The molecule has 1 atom stereocenters. The molecule has 1 unspecified atom stereocenters. The molecule has 1 N–H and O–H groups in total. The lowest BCUT2D eigenvalue weighted by atomic mass is 10.1. The van der Waals surface area contributed by atoms with Crippen LogP contribution in [-0.2, 0) is 0 Å². The Hall–Kier alpha value is -1.18. The van der Waals surface area contributed by atoms with Crippen LogP contribution in [0.5, 0.6) is 0 Å². The molecule has 0 saturated carbocycles. The summed E-state index contributed by atoms with van der Waals surface area (Å²) in [5, 5.41) is 21.1. The van der Waals surface area contributed by atoms with Crippen LogP contribution in [0, 0.1) is 10.1 Å². The average molecular weight is 298 g/mol. The zero-order valence-electron chi connectivity index (χ0n) is 10.4. The fourth-order valence-electron chi connectivity index (χ4n) is 1.91. The van der Waals surface area contributed by atoms with Crippen molar-refractivity contribution in [1.29, 1.82) is 0 Å². The zero-order chi connectivity index (χ0) is 14.0. The van der Waals surface area contributed by atoms with Gasteiger partial charge in [-0.15, -0.1) is 0 Å². The number of thioether (sulfide) groups is 1. The topological polar surface area (TPSA) is 66.6 Å². The van der Waals surface area contributed by atoms with E-state index in [4.69, 9.17) is 12.2 Å². The first-order valence-corrected chi connectivity index (χ1v) is 7.22. The highest BCUT2D eigenvalue weighted by Crippen LogP contribution is 2.39. The molecule has 1 heterocycles. The quantitative estimate of drug-likeness (QED) is 0.523. The van der Waals surface area contributed by atoms with E-state index in [-0.39, 0.29) is 5.69 Å². The van der Waals surface area contributed by atoms with Crippen LogP contribution in [-0.4, -0.2) is 25.8 Å². The van der Waals surface area contributed by atoms with Gasteiger partial charge >= 0.3 is 0 Å². The lowest BCUT2D eigenvalue weighted by Crippen LogP contribution is -2.35. The predicted molar refractivity (Wildman–Crippen MR) is 78.1 cm³/mol. The second-order valence-corrected chi connectivity index (χ2v) is 5.94. The van der Waals surface area contributed by atoms with Crippen molar-refractivity contribution in [1.82, 2.24) is 4.90 Å². The number of thiocarbonyl (C=S) groups is 1. The zero-order valence-corrected chi connectivity index (χ0v) is 12.0. The molecular weight excluding hydrogens is 284 g/mol. The second-order valence-electron chi connectivity index (χ2n) is 4.27. The van der Waals surface area contributed by atoms with E-state index in [2.05, 4.69) is 6.92 Å². The second kappa shape index (κ2) is 5.85. The standard InChI is InChI=1S/C12H14N2O3S2/c1-2-3-6-13-11(15)9-7-8(14(16)17)4-5-10(9)19-12(13)18/h4-5,7,11,15H,2-3,6H2,1H3. The van der Waals surface area contributed by atoms with Crippen LogP contribution in [0.4, 0.5) is 5.69 Å². The first kappa shape index (κ1) is 14.2. The van der Waals surface area contributed by atoms with Gasteiger partial charge in [-0.2, -0.15) is 0 Å². The molecule has 0 bridgehead atoms. The maximum absolute atomic E-state index is 10.8. The van der Waals surface area contributed by atoms with Crippen molar-refractivity contribution in [2.75, 3.05) is 6.54 Å². The summed E-state index contributed by atoms with van der Waals surface area (Å²) in [6, 6.07) is 4.50. The fourth-order valence-corrected chi connectivity index (χ4v) is 3.28. The normalized spacial score (nSPS) is 18.3. The van der Waals surface area contributed by atoms with Crippen LogP contribution in [0.3, 0.4) is 0 Å². The highest BCUT2D eigenvalue weighted by molar-refractivity contribution is 8.23. The van der Waals surface area contributed by atoms with Crippen LogP contribution in [0.2, 0.25) is 0 Å². The van der Waals surface area contributed by atoms with Gasteiger partial charge < -0.3 is 10.0 Å². The largest absolute Gasteiger partial charge is 0.369 e. The smallest absolute Gasteiger partial charge is 0.269 e. The number of hydrogen-bond donors (Lipinski definition) is 1. The molecule has 102 valence electrons. The summed E-state index contributed by atoms with van der Waals surface area (Å²) in [5.74, 6) is 0. The molecule has 5 nitrogen and oxygen atoms in total. The van der Waals surface area contributed by atoms with Gasteiger partial charge in [0.2, 0.25) is 0 Å². The van der Waals surface area contributed by atoms with Crippen LogP contribution in [0.15, 0.2) is 23.1 Å². The number of benzene rings is 1. The third-order valence-corrected chi connectivity index (χ3v) is 4.45. The number of rotatable bonds is 4. The molecule has 0 saturated heterocycles. The van der Waals surface area contributed by atoms with Gasteiger partial charge in [-0.25, -0.2) is 0 Å². The Bertz CT molecular complexity index is 522. The molecule has 1 aliphatic heterocycles.